The number of hydrogen-bond acceptors (Lipinski definition) is 4. The van der Waals surface area contributed by atoms with Crippen LogP contribution in [0.15, 0.2) is 48.5 Å². The predicted octanol–water partition coefficient (Wildman–Crippen LogP) is 3.10. The van der Waals surface area contributed by atoms with Crippen molar-refractivity contribution in [3.05, 3.63) is 59.7 Å². The minimum absolute atomic E-state index is 0.0273. The number of aliphatic carboxylic acids is 1. The Hall–Kier alpha value is -3.79. The topological polar surface area (TPSA) is 95.9 Å². The Morgan fingerprint density at radius 3 is 2.28 bits per heavy atom. The molecule has 0 radical (unpaired) electrons. The van der Waals surface area contributed by atoms with Crippen LogP contribution in [0, 0.1) is 18.3 Å². The average Bonchev–Trinajstić information content (AvgIpc) is 3.09. The monoisotopic (exact) mass is 434 g/mol. The molecular weight excluding hydrogens is 408 g/mol. The van der Waals surface area contributed by atoms with Crippen LogP contribution < -0.4 is 5.32 Å². The van der Waals surface area contributed by atoms with E-state index in [0.717, 1.165) is 27.2 Å². The minimum Gasteiger partial charge on any atom is -0.480 e. The van der Waals surface area contributed by atoms with Crippen molar-refractivity contribution in [2.75, 3.05) is 26.2 Å². The third kappa shape index (κ3) is 5.46. The maximum absolute atomic E-state index is 12.3. The second kappa shape index (κ2) is 10.5. The third-order valence-corrected chi connectivity index (χ3v) is 5.42. The number of benzene rings is 2. The van der Waals surface area contributed by atoms with Crippen molar-refractivity contribution < 1.29 is 24.2 Å². The summed E-state index contributed by atoms with van der Waals surface area (Å²) >= 11 is 0. The highest BCUT2D eigenvalue weighted by Gasteiger charge is 2.29. The van der Waals surface area contributed by atoms with Crippen molar-refractivity contribution in [2.24, 2.45) is 5.92 Å². The fourth-order valence-corrected chi connectivity index (χ4v) is 3.91. The molecule has 2 N–H and O–H groups in total. The third-order valence-electron chi connectivity index (χ3n) is 5.42. The zero-order valence-corrected chi connectivity index (χ0v) is 17.9. The summed E-state index contributed by atoms with van der Waals surface area (Å²) < 4.78 is 5.48. The Morgan fingerprint density at radius 2 is 1.72 bits per heavy atom. The van der Waals surface area contributed by atoms with Crippen LogP contribution in [0.3, 0.4) is 0 Å². The van der Waals surface area contributed by atoms with E-state index in [1.54, 1.807) is 6.92 Å². The molecule has 32 heavy (non-hydrogen) atoms. The number of carbonyl (C=O) groups excluding carboxylic acids is 2. The van der Waals surface area contributed by atoms with Gasteiger partial charge in [0.25, 0.3) is 0 Å². The summed E-state index contributed by atoms with van der Waals surface area (Å²) in [5.41, 5.74) is 4.57. The van der Waals surface area contributed by atoms with Crippen molar-refractivity contribution in [1.82, 2.24) is 10.2 Å². The Morgan fingerprint density at radius 1 is 1.12 bits per heavy atom. The fourth-order valence-electron chi connectivity index (χ4n) is 3.91. The first-order valence-corrected chi connectivity index (χ1v) is 10.4. The van der Waals surface area contributed by atoms with Crippen LogP contribution in [-0.4, -0.2) is 54.2 Å². The van der Waals surface area contributed by atoms with Crippen LogP contribution in [0.5, 0.6) is 0 Å². The van der Waals surface area contributed by atoms with E-state index in [9.17, 15) is 14.4 Å². The summed E-state index contributed by atoms with van der Waals surface area (Å²) in [5.74, 6) is 0.554. The van der Waals surface area contributed by atoms with Gasteiger partial charge in [-0.15, -0.1) is 6.42 Å². The lowest BCUT2D eigenvalue weighted by atomic mass is 9.98. The maximum Gasteiger partial charge on any atom is 0.407 e. The predicted molar refractivity (Wildman–Crippen MR) is 120 cm³/mol. The molecule has 2 aromatic rings. The second-order valence-electron chi connectivity index (χ2n) is 7.86. The fraction of sp³-hybridized carbons (Fsp3) is 0.320. The molecule has 166 valence electrons. The summed E-state index contributed by atoms with van der Waals surface area (Å²) in [7, 11) is 0. The van der Waals surface area contributed by atoms with Crippen molar-refractivity contribution in [1.29, 1.82) is 0 Å². The van der Waals surface area contributed by atoms with E-state index in [0.29, 0.717) is 0 Å². The van der Waals surface area contributed by atoms with Gasteiger partial charge in [0, 0.05) is 18.9 Å². The summed E-state index contributed by atoms with van der Waals surface area (Å²) in [6.07, 6.45) is 4.72. The van der Waals surface area contributed by atoms with Gasteiger partial charge in [0.05, 0.1) is 6.54 Å². The smallest absolute Gasteiger partial charge is 0.407 e. The largest absolute Gasteiger partial charge is 0.480 e. The lowest BCUT2D eigenvalue weighted by molar-refractivity contribution is -0.144. The van der Waals surface area contributed by atoms with Crippen molar-refractivity contribution in [3.63, 3.8) is 0 Å². The van der Waals surface area contributed by atoms with Gasteiger partial charge in [0.1, 0.15) is 13.2 Å². The molecule has 7 heteroatoms. The van der Waals surface area contributed by atoms with Gasteiger partial charge in [0.15, 0.2) is 0 Å². The zero-order valence-electron chi connectivity index (χ0n) is 17.9. The van der Waals surface area contributed by atoms with Crippen LogP contribution in [0.25, 0.3) is 11.1 Å². The number of nitrogens with one attached hydrogen (secondary N) is 1. The normalized spacial score (nSPS) is 12.8. The number of nitrogens with zero attached hydrogens (tertiary/aromatic N) is 1. The lowest BCUT2D eigenvalue weighted by Crippen LogP contribution is -2.38. The quantitative estimate of drug-likeness (QED) is 0.592. The lowest BCUT2D eigenvalue weighted by Gasteiger charge is -2.20. The van der Waals surface area contributed by atoms with Crippen LogP contribution in [0.2, 0.25) is 0 Å². The minimum atomic E-state index is -1.13. The summed E-state index contributed by atoms with van der Waals surface area (Å²) in [6, 6.07) is 16.2. The average molecular weight is 434 g/mol. The van der Waals surface area contributed by atoms with Crippen LogP contribution in [0.1, 0.15) is 30.4 Å². The molecule has 0 fully saturated rings. The number of carbonyl (C=O) groups is 3. The van der Waals surface area contributed by atoms with E-state index in [4.69, 9.17) is 16.3 Å². The van der Waals surface area contributed by atoms with E-state index < -0.39 is 18.6 Å². The van der Waals surface area contributed by atoms with Crippen LogP contribution >= 0.6 is 0 Å². The molecule has 2 amide bonds. The van der Waals surface area contributed by atoms with E-state index >= 15 is 0 Å². The van der Waals surface area contributed by atoms with Gasteiger partial charge in [-0.3, -0.25) is 9.59 Å². The molecular formula is C25H26N2O5. The highest BCUT2D eigenvalue weighted by atomic mass is 16.5. The van der Waals surface area contributed by atoms with Crippen molar-refractivity contribution >= 4 is 18.0 Å². The standard InChI is InChI=1S/C25H26N2O5/c1-3-12-27(15-24(29)30)23(28)13-17(2)14-26-25(31)32-16-22-20-10-6-4-8-18(20)19-9-5-7-11-21(19)22/h1,4-11,17,22H,12-16H2,2H3,(H,26,31)(H,29,30). The highest BCUT2D eigenvalue weighted by molar-refractivity contribution is 5.82. The Bertz CT molecular complexity index is 997. The molecule has 0 saturated heterocycles. The summed E-state index contributed by atoms with van der Waals surface area (Å²) in [6.45, 7) is 1.70. The molecule has 1 unspecified atom stereocenters. The molecule has 0 saturated carbocycles. The molecule has 0 bridgehead atoms. The number of amides is 2. The summed E-state index contributed by atoms with van der Waals surface area (Å²) in [4.78, 5) is 36.5. The van der Waals surface area contributed by atoms with Gasteiger partial charge in [-0.2, -0.15) is 0 Å². The molecule has 3 rings (SSSR count). The number of fused-ring (bicyclic) bond motifs is 3. The second-order valence-corrected chi connectivity index (χ2v) is 7.86. The van der Waals surface area contributed by atoms with Gasteiger partial charge >= 0.3 is 12.1 Å². The van der Waals surface area contributed by atoms with Crippen molar-refractivity contribution in [2.45, 2.75) is 19.3 Å². The molecule has 0 aliphatic heterocycles. The van der Waals surface area contributed by atoms with Crippen LogP contribution in [-0.2, 0) is 14.3 Å². The summed E-state index contributed by atoms with van der Waals surface area (Å²) in [5, 5.41) is 11.6. The number of terminal acetylenes is 1. The molecule has 0 spiro atoms. The zero-order chi connectivity index (χ0) is 23.1. The number of alkyl carbamates (subject to hydrolysis) is 1. The molecule has 1 aliphatic rings. The van der Waals surface area contributed by atoms with Gasteiger partial charge in [-0.25, -0.2) is 4.79 Å². The number of carboxylic acids is 1. The SMILES string of the molecule is C#CCN(CC(=O)O)C(=O)CC(C)CNC(=O)OCC1c2ccccc2-c2ccccc21. The Balaban J connectivity index is 1.50. The molecule has 0 aromatic heterocycles. The van der Waals surface area contributed by atoms with E-state index in [-0.39, 0.29) is 43.9 Å². The van der Waals surface area contributed by atoms with Gasteiger partial charge in [-0.1, -0.05) is 61.4 Å². The molecule has 2 aromatic carbocycles. The van der Waals surface area contributed by atoms with Gasteiger partial charge in [-0.05, 0) is 28.2 Å². The maximum atomic E-state index is 12.3. The first kappa shape index (κ1) is 22.9. The Kier molecular flexibility index (Phi) is 7.50. The molecule has 1 atom stereocenters. The number of hydrogen-bond donors (Lipinski definition) is 2. The first-order valence-electron chi connectivity index (χ1n) is 10.4. The molecule has 0 heterocycles. The van der Waals surface area contributed by atoms with Crippen LogP contribution in [0.4, 0.5) is 4.79 Å². The van der Waals surface area contributed by atoms with Gasteiger partial charge in [0.2, 0.25) is 5.91 Å². The van der Waals surface area contributed by atoms with E-state index in [1.165, 1.54) is 0 Å². The van der Waals surface area contributed by atoms with E-state index in [2.05, 4.69) is 23.4 Å². The first-order chi connectivity index (χ1) is 15.4. The Labute approximate surface area is 187 Å². The van der Waals surface area contributed by atoms with E-state index in [1.807, 2.05) is 36.4 Å². The number of ether oxygens (including phenoxy) is 1. The van der Waals surface area contributed by atoms with Gasteiger partial charge < -0.3 is 20.1 Å². The highest BCUT2D eigenvalue weighted by Crippen LogP contribution is 2.44. The number of carboxylic acid groups (broad SMARTS) is 1. The molecule has 7 nitrogen and oxygen atoms in total. The van der Waals surface area contributed by atoms with Crippen molar-refractivity contribution in [3.8, 4) is 23.5 Å². The molecule has 1 aliphatic carbocycles. The number of rotatable bonds is 9.